The number of aromatic nitrogens is 4. The molecule has 8 nitrogen and oxygen atoms in total. The number of morpholine rings is 1. The molecule has 1 unspecified atom stereocenters. The Morgan fingerprint density at radius 1 is 1.48 bits per heavy atom. The van der Waals surface area contributed by atoms with Gasteiger partial charge in [0.15, 0.2) is 0 Å². The van der Waals surface area contributed by atoms with E-state index < -0.39 is 0 Å². The Kier molecular flexibility index (Phi) is 4.55. The minimum absolute atomic E-state index is 0.218. The normalized spacial score (nSPS) is 18.0. The van der Waals surface area contributed by atoms with E-state index in [4.69, 9.17) is 20.9 Å². The first kappa shape index (κ1) is 17.2. The first-order valence-electron chi connectivity index (χ1n) is 8.79. The number of nitrogens with one attached hydrogen (secondary N) is 2. The lowest BCUT2D eigenvalue weighted by Crippen LogP contribution is -2.44. The van der Waals surface area contributed by atoms with Crippen LogP contribution >= 0.6 is 0 Å². The maximum absolute atomic E-state index is 7.31. The monoisotopic (exact) mass is 363 g/mol. The molecule has 0 saturated carbocycles. The Bertz CT molecular complexity index is 997. The number of rotatable bonds is 4. The molecule has 1 saturated heterocycles. The highest BCUT2D eigenvalue weighted by Crippen LogP contribution is 2.33. The molecule has 0 aromatic carbocycles. The van der Waals surface area contributed by atoms with Crippen molar-refractivity contribution < 1.29 is 4.74 Å². The summed E-state index contributed by atoms with van der Waals surface area (Å²) in [6.07, 6.45) is 8.03. The van der Waals surface area contributed by atoms with Gasteiger partial charge in [-0.3, -0.25) is 10.1 Å². The summed E-state index contributed by atoms with van der Waals surface area (Å²) in [6.45, 7) is 4.22. The Morgan fingerprint density at radius 3 is 3.11 bits per heavy atom. The fourth-order valence-corrected chi connectivity index (χ4v) is 3.37. The summed E-state index contributed by atoms with van der Waals surface area (Å²) in [5, 5.41) is 15.2. The Hall–Kier alpha value is -3.26. The van der Waals surface area contributed by atoms with Crippen LogP contribution in [0.15, 0.2) is 36.8 Å². The van der Waals surface area contributed by atoms with E-state index in [-0.39, 0.29) is 6.04 Å². The molecule has 0 bridgehead atoms. The Balaban J connectivity index is 1.98. The van der Waals surface area contributed by atoms with Crippen LogP contribution in [0.2, 0.25) is 0 Å². The van der Waals surface area contributed by atoms with Gasteiger partial charge >= 0.3 is 0 Å². The molecular weight excluding hydrogens is 342 g/mol. The lowest BCUT2D eigenvalue weighted by atomic mass is 10.0. The quantitative estimate of drug-likeness (QED) is 0.612. The Labute approximate surface area is 156 Å². The largest absolute Gasteiger partial charge is 0.397 e. The van der Waals surface area contributed by atoms with Crippen LogP contribution in [0.1, 0.15) is 12.6 Å². The molecule has 3 aromatic rings. The summed E-state index contributed by atoms with van der Waals surface area (Å²) in [7, 11) is 0. The van der Waals surface area contributed by atoms with Gasteiger partial charge in [0.05, 0.1) is 31.1 Å². The molecule has 8 heteroatoms. The second kappa shape index (κ2) is 7.16. The van der Waals surface area contributed by atoms with Crippen LogP contribution in [0.5, 0.6) is 0 Å². The van der Waals surface area contributed by atoms with Gasteiger partial charge in [0.25, 0.3) is 0 Å². The van der Waals surface area contributed by atoms with Crippen molar-refractivity contribution in [3.8, 4) is 11.1 Å². The minimum atomic E-state index is 0.218. The molecule has 4 N–H and O–H groups in total. The summed E-state index contributed by atoms with van der Waals surface area (Å²) in [5.41, 5.74) is 9.82. The fraction of sp³-hybridized carbons (Fsp3) is 0.263. The van der Waals surface area contributed by atoms with Crippen molar-refractivity contribution in [3.63, 3.8) is 0 Å². The maximum atomic E-state index is 7.31. The van der Waals surface area contributed by atoms with E-state index in [9.17, 15) is 0 Å². The SMILES string of the molecule is CC1COCCN1c1cc(-c2cn[nH]c2)c2ccnc(/C(N)=C/C=N)c2n1. The number of H-pyrrole nitrogens is 1. The van der Waals surface area contributed by atoms with E-state index in [1.165, 1.54) is 6.08 Å². The first-order chi connectivity index (χ1) is 13.2. The van der Waals surface area contributed by atoms with Crippen LogP contribution < -0.4 is 10.6 Å². The molecule has 4 rings (SSSR count). The van der Waals surface area contributed by atoms with E-state index in [1.54, 1.807) is 12.4 Å². The average Bonchev–Trinajstić information content (AvgIpc) is 3.22. The molecule has 138 valence electrons. The summed E-state index contributed by atoms with van der Waals surface area (Å²) < 4.78 is 5.57. The van der Waals surface area contributed by atoms with Gasteiger partial charge in [-0.1, -0.05) is 0 Å². The van der Waals surface area contributed by atoms with Crippen molar-refractivity contribution in [2.45, 2.75) is 13.0 Å². The highest BCUT2D eigenvalue weighted by molar-refractivity contribution is 6.01. The van der Waals surface area contributed by atoms with Crippen LogP contribution in [0.4, 0.5) is 5.82 Å². The van der Waals surface area contributed by atoms with Crippen molar-refractivity contribution in [3.05, 3.63) is 42.5 Å². The van der Waals surface area contributed by atoms with E-state index in [1.807, 2.05) is 12.3 Å². The standard InChI is InChI=1S/C19H21N7O/c1-12-11-27-7-6-26(12)17-8-15(13-9-23-24-10-13)14-3-5-22-19(18(14)25-17)16(21)2-4-20/h2-5,8-10,12,20H,6-7,11,21H2,1H3,(H,23,24)/b16-2-,20-4?. The number of hydrogen-bond donors (Lipinski definition) is 3. The topological polar surface area (TPSA) is 117 Å². The van der Waals surface area contributed by atoms with E-state index >= 15 is 0 Å². The molecule has 0 radical (unpaired) electrons. The van der Waals surface area contributed by atoms with Crippen LogP contribution in [0, 0.1) is 5.41 Å². The molecule has 27 heavy (non-hydrogen) atoms. The number of hydrogen-bond acceptors (Lipinski definition) is 7. The van der Waals surface area contributed by atoms with Crippen LogP contribution in [0.3, 0.4) is 0 Å². The molecule has 1 atom stereocenters. The van der Waals surface area contributed by atoms with Gasteiger partial charge in [-0.2, -0.15) is 5.10 Å². The van der Waals surface area contributed by atoms with E-state index in [2.05, 4.69) is 33.1 Å². The molecule has 1 fully saturated rings. The zero-order chi connectivity index (χ0) is 18.8. The van der Waals surface area contributed by atoms with Gasteiger partial charge < -0.3 is 20.8 Å². The number of pyridine rings is 2. The zero-order valence-corrected chi connectivity index (χ0v) is 15.0. The highest BCUT2D eigenvalue weighted by Gasteiger charge is 2.23. The van der Waals surface area contributed by atoms with E-state index in [0.29, 0.717) is 30.1 Å². The van der Waals surface area contributed by atoms with Gasteiger partial charge in [0.2, 0.25) is 0 Å². The lowest BCUT2D eigenvalue weighted by molar-refractivity contribution is 0.0986. The van der Waals surface area contributed by atoms with Gasteiger partial charge in [0.1, 0.15) is 17.0 Å². The first-order valence-corrected chi connectivity index (χ1v) is 8.79. The van der Waals surface area contributed by atoms with Gasteiger partial charge in [-0.25, -0.2) is 4.98 Å². The van der Waals surface area contributed by atoms with E-state index in [0.717, 1.165) is 35.1 Å². The summed E-state index contributed by atoms with van der Waals surface area (Å²) >= 11 is 0. The van der Waals surface area contributed by atoms with Crippen molar-refractivity contribution in [2.75, 3.05) is 24.7 Å². The van der Waals surface area contributed by atoms with Crippen molar-refractivity contribution in [1.29, 1.82) is 5.41 Å². The molecule has 0 spiro atoms. The molecule has 1 aliphatic rings. The Morgan fingerprint density at radius 2 is 2.37 bits per heavy atom. The average molecular weight is 363 g/mol. The smallest absolute Gasteiger partial charge is 0.130 e. The molecule has 0 amide bonds. The third-order valence-corrected chi connectivity index (χ3v) is 4.72. The number of ether oxygens (including phenoxy) is 1. The second-order valence-electron chi connectivity index (χ2n) is 6.48. The molecule has 0 aliphatic carbocycles. The minimum Gasteiger partial charge on any atom is -0.397 e. The van der Waals surface area contributed by atoms with Gasteiger partial charge in [0, 0.05) is 36.1 Å². The zero-order valence-electron chi connectivity index (χ0n) is 15.0. The predicted octanol–water partition coefficient (Wildman–Crippen LogP) is 2.19. The number of fused-ring (bicyclic) bond motifs is 1. The predicted molar refractivity (Wildman–Crippen MR) is 106 cm³/mol. The third-order valence-electron chi connectivity index (χ3n) is 4.72. The molecule has 4 heterocycles. The lowest BCUT2D eigenvalue weighted by Gasteiger charge is -2.34. The number of allylic oxidation sites excluding steroid dienone is 1. The highest BCUT2D eigenvalue weighted by atomic mass is 16.5. The number of nitrogens with zero attached hydrogens (tertiary/aromatic N) is 4. The van der Waals surface area contributed by atoms with Gasteiger partial charge in [-0.05, 0) is 30.7 Å². The summed E-state index contributed by atoms with van der Waals surface area (Å²) in [5.74, 6) is 0.853. The molecular formula is C19H21N7O. The molecule has 1 aliphatic heterocycles. The molecule has 3 aromatic heterocycles. The van der Waals surface area contributed by atoms with Crippen molar-refractivity contribution in [1.82, 2.24) is 20.2 Å². The fourth-order valence-electron chi connectivity index (χ4n) is 3.37. The number of nitrogens with two attached hydrogens (primary N) is 1. The summed E-state index contributed by atoms with van der Waals surface area (Å²) in [6, 6.07) is 4.23. The maximum Gasteiger partial charge on any atom is 0.130 e. The number of aromatic amines is 1. The third kappa shape index (κ3) is 3.15. The van der Waals surface area contributed by atoms with Crippen molar-refractivity contribution >= 4 is 28.6 Å². The summed E-state index contributed by atoms with van der Waals surface area (Å²) in [4.78, 5) is 11.6. The van der Waals surface area contributed by atoms with Crippen LogP contribution in [0.25, 0.3) is 27.7 Å². The second-order valence-corrected chi connectivity index (χ2v) is 6.48. The van der Waals surface area contributed by atoms with Crippen LogP contribution in [-0.4, -0.2) is 52.2 Å². The van der Waals surface area contributed by atoms with Crippen molar-refractivity contribution in [2.24, 2.45) is 5.73 Å². The van der Waals surface area contributed by atoms with Gasteiger partial charge in [-0.15, -0.1) is 0 Å². The number of anilines is 1. The van der Waals surface area contributed by atoms with Crippen LogP contribution in [-0.2, 0) is 4.74 Å².